The van der Waals surface area contributed by atoms with E-state index in [2.05, 4.69) is 10.6 Å². The van der Waals surface area contributed by atoms with E-state index in [0.29, 0.717) is 24.6 Å². The molecule has 1 aromatic carbocycles. The quantitative estimate of drug-likeness (QED) is 0.641. The molecule has 6 heteroatoms. The average Bonchev–Trinajstić information content (AvgIpc) is 3.29. The van der Waals surface area contributed by atoms with Crippen LogP contribution in [-0.2, 0) is 10.3 Å². The van der Waals surface area contributed by atoms with Gasteiger partial charge in [-0.05, 0) is 43.4 Å². The van der Waals surface area contributed by atoms with Crippen molar-refractivity contribution in [3.05, 3.63) is 35.6 Å². The molecular formula is C16H23FN2O3. The van der Waals surface area contributed by atoms with Crippen LogP contribution in [0.5, 0.6) is 0 Å². The molecule has 1 atom stereocenters. The van der Waals surface area contributed by atoms with Gasteiger partial charge in [0.1, 0.15) is 11.4 Å². The molecule has 2 rings (SSSR count). The number of aliphatic hydroxyl groups is 1. The Labute approximate surface area is 129 Å². The molecular weight excluding hydrogens is 287 g/mol. The summed E-state index contributed by atoms with van der Waals surface area (Å²) in [5.41, 5.74) is -0.713. The van der Waals surface area contributed by atoms with Crippen molar-refractivity contribution < 1.29 is 19.0 Å². The fourth-order valence-corrected chi connectivity index (χ4v) is 2.00. The molecule has 0 radical (unpaired) electrons. The zero-order valence-corrected chi connectivity index (χ0v) is 12.8. The molecule has 3 N–H and O–H groups in total. The van der Waals surface area contributed by atoms with Crippen molar-refractivity contribution >= 4 is 6.03 Å². The second-order valence-corrected chi connectivity index (χ2v) is 5.91. The van der Waals surface area contributed by atoms with Gasteiger partial charge in [0.05, 0.1) is 13.2 Å². The van der Waals surface area contributed by atoms with E-state index in [1.807, 2.05) is 0 Å². The molecule has 0 bridgehead atoms. The topological polar surface area (TPSA) is 70.6 Å². The maximum absolute atomic E-state index is 12.9. The summed E-state index contributed by atoms with van der Waals surface area (Å²) in [5.74, 6) is 0.344. The lowest BCUT2D eigenvalue weighted by Gasteiger charge is -2.24. The molecule has 2 amide bonds. The number of rotatable bonds is 8. The maximum atomic E-state index is 12.9. The van der Waals surface area contributed by atoms with Gasteiger partial charge in [-0.3, -0.25) is 0 Å². The molecule has 1 aliphatic carbocycles. The zero-order chi connectivity index (χ0) is 16.0. The van der Waals surface area contributed by atoms with Crippen LogP contribution in [0.1, 0.15) is 25.3 Å². The highest BCUT2D eigenvalue weighted by atomic mass is 19.1. The summed E-state index contributed by atoms with van der Waals surface area (Å²) in [4.78, 5) is 11.6. The number of ether oxygens (including phenoxy) is 1. The van der Waals surface area contributed by atoms with Crippen molar-refractivity contribution in [3.63, 3.8) is 0 Å². The van der Waals surface area contributed by atoms with Crippen LogP contribution in [0.3, 0.4) is 0 Å². The average molecular weight is 310 g/mol. The molecule has 0 aliphatic heterocycles. The van der Waals surface area contributed by atoms with Gasteiger partial charge in [0, 0.05) is 13.2 Å². The van der Waals surface area contributed by atoms with E-state index in [1.165, 1.54) is 37.1 Å². The Hall–Kier alpha value is -1.66. The SMILES string of the molecule is CC(O)(CNC(=O)NCCOCC1CC1)c1ccc(F)cc1. The van der Waals surface area contributed by atoms with Gasteiger partial charge >= 0.3 is 6.03 Å². The third kappa shape index (κ3) is 5.61. The summed E-state index contributed by atoms with van der Waals surface area (Å²) in [6, 6.07) is 5.20. The maximum Gasteiger partial charge on any atom is 0.314 e. The Balaban J connectivity index is 1.64. The minimum Gasteiger partial charge on any atom is -0.384 e. The first kappa shape index (κ1) is 16.7. The molecule has 22 heavy (non-hydrogen) atoms. The van der Waals surface area contributed by atoms with Crippen molar-refractivity contribution in [2.24, 2.45) is 5.92 Å². The highest BCUT2D eigenvalue weighted by molar-refractivity contribution is 5.73. The van der Waals surface area contributed by atoms with Crippen molar-refractivity contribution in [3.8, 4) is 0 Å². The number of amides is 2. The molecule has 1 aromatic rings. The largest absolute Gasteiger partial charge is 0.384 e. The molecule has 122 valence electrons. The van der Waals surface area contributed by atoms with Gasteiger partial charge < -0.3 is 20.5 Å². The van der Waals surface area contributed by atoms with E-state index in [-0.39, 0.29) is 18.4 Å². The Morgan fingerprint density at radius 3 is 2.68 bits per heavy atom. The molecule has 1 aliphatic rings. The molecule has 0 aromatic heterocycles. The molecule has 1 fully saturated rings. The number of hydrogen-bond acceptors (Lipinski definition) is 3. The van der Waals surface area contributed by atoms with E-state index >= 15 is 0 Å². The lowest BCUT2D eigenvalue weighted by Crippen LogP contribution is -2.44. The first-order chi connectivity index (χ1) is 10.5. The molecule has 0 saturated heterocycles. The predicted molar refractivity (Wildman–Crippen MR) is 80.9 cm³/mol. The monoisotopic (exact) mass is 310 g/mol. The minimum absolute atomic E-state index is 0.0351. The van der Waals surface area contributed by atoms with Gasteiger partial charge in [-0.25, -0.2) is 9.18 Å². The first-order valence-corrected chi connectivity index (χ1v) is 7.55. The lowest BCUT2D eigenvalue weighted by atomic mass is 9.96. The number of carbonyl (C=O) groups is 1. The van der Waals surface area contributed by atoms with Crippen molar-refractivity contribution in [2.75, 3.05) is 26.3 Å². The summed E-state index contributed by atoms with van der Waals surface area (Å²) >= 11 is 0. The Kier molecular flexibility index (Phi) is 5.74. The van der Waals surface area contributed by atoms with Crippen molar-refractivity contribution in [2.45, 2.75) is 25.4 Å². The van der Waals surface area contributed by atoms with Crippen LogP contribution >= 0.6 is 0 Å². The summed E-state index contributed by atoms with van der Waals surface area (Å²) < 4.78 is 18.3. The van der Waals surface area contributed by atoms with Gasteiger partial charge in [-0.2, -0.15) is 0 Å². The van der Waals surface area contributed by atoms with Gasteiger partial charge in [-0.1, -0.05) is 12.1 Å². The second-order valence-electron chi connectivity index (χ2n) is 5.91. The Morgan fingerprint density at radius 1 is 1.36 bits per heavy atom. The van der Waals surface area contributed by atoms with Crippen LogP contribution in [0.2, 0.25) is 0 Å². The Morgan fingerprint density at radius 2 is 2.05 bits per heavy atom. The minimum atomic E-state index is -1.26. The zero-order valence-electron chi connectivity index (χ0n) is 12.8. The molecule has 1 saturated carbocycles. The van der Waals surface area contributed by atoms with Crippen LogP contribution in [0.4, 0.5) is 9.18 Å². The van der Waals surface area contributed by atoms with Gasteiger partial charge in [0.25, 0.3) is 0 Å². The molecule has 0 heterocycles. The number of urea groups is 1. The summed E-state index contributed by atoms with van der Waals surface area (Å²) in [6.45, 7) is 3.28. The summed E-state index contributed by atoms with van der Waals surface area (Å²) in [6.07, 6.45) is 2.48. The molecule has 1 unspecified atom stereocenters. The van der Waals surface area contributed by atoms with Gasteiger partial charge in [0.2, 0.25) is 0 Å². The fraction of sp³-hybridized carbons (Fsp3) is 0.562. The molecule has 0 spiro atoms. The standard InChI is InChI=1S/C16H23FN2O3/c1-16(21,13-4-6-14(17)7-5-13)11-19-15(20)18-8-9-22-10-12-2-3-12/h4-7,12,21H,2-3,8-11H2,1H3,(H2,18,19,20). The normalized spacial score (nSPS) is 16.9. The third-order valence-electron chi connectivity index (χ3n) is 3.64. The smallest absolute Gasteiger partial charge is 0.314 e. The van der Waals surface area contributed by atoms with Crippen LogP contribution in [-0.4, -0.2) is 37.4 Å². The van der Waals surface area contributed by atoms with Crippen LogP contribution in [0.15, 0.2) is 24.3 Å². The number of benzene rings is 1. The van der Waals surface area contributed by atoms with Gasteiger partial charge in [0.15, 0.2) is 0 Å². The first-order valence-electron chi connectivity index (χ1n) is 7.55. The highest BCUT2D eigenvalue weighted by Gasteiger charge is 2.24. The van der Waals surface area contributed by atoms with Gasteiger partial charge in [-0.15, -0.1) is 0 Å². The van der Waals surface area contributed by atoms with Crippen LogP contribution in [0.25, 0.3) is 0 Å². The summed E-state index contributed by atoms with van der Waals surface area (Å²) in [5, 5.41) is 15.6. The van der Waals surface area contributed by atoms with E-state index in [1.54, 1.807) is 6.92 Å². The number of halogens is 1. The van der Waals surface area contributed by atoms with Crippen LogP contribution < -0.4 is 10.6 Å². The third-order valence-corrected chi connectivity index (χ3v) is 3.64. The van der Waals surface area contributed by atoms with E-state index in [9.17, 15) is 14.3 Å². The summed E-state index contributed by atoms with van der Waals surface area (Å²) in [7, 11) is 0. The molecule has 5 nitrogen and oxygen atoms in total. The highest BCUT2D eigenvalue weighted by Crippen LogP contribution is 2.28. The second kappa shape index (κ2) is 7.56. The lowest BCUT2D eigenvalue weighted by molar-refractivity contribution is 0.0591. The van der Waals surface area contributed by atoms with Crippen molar-refractivity contribution in [1.82, 2.24) is 10.6 Å². The predicted octanol–water partition coefficient (Wildman–Crippen LogP) is 1.76. The van der Waals surface area contributed by atoms with E-state index in [0.717, 1.165) is 6.61 Å². The van der Waals surface area contributed by atoms with Crippen molar-refractivity contribution in [1.29, 1.82) is 0 Å². The Bertz CT molecular complexity index is 487. The fourth-order valence-electron chi connectivity index (χ4n) is 2.00. The number of hydrogen-bond donors (Lipinski definition) is 3. The number of nitrogens with one attached hydrogen (secondary N) is 2. The van der Waals surface area contributed by atoms with Crippen LogP contribution in [0, 0.1) is 11.7 Å². The number of carbonyl (C=O) groups excluding carboxylic acids is 1. The van der Waals surface area contributed by atoms with E-state index in [4.69, 9.17) is 4.74 Å². The van der Waals surface area contributed by atoms with E-state index < -0.39 is 5.60 Å².